The van der Waals surface area contributed by atoms with Crippen molar-refractivity contribution >= 4 is 23.4 Å². The van der Waals surface area contributed by atoms with Gasteiger partial charge in [0, 0.05) is 44.4 Å². The van der Waals surface area contributed by atoms with Crippen molar-refractivity contribution in [1.82, 2.24) is 15.6 Å². The molecule has 0 bridgehead atoms. The minimum atomic E-state index is 0.240. The molecule has 0 saturated carbocycles. The molecule has 2 N–H and O–H groups in total. The van der Waals surface area contributed by atoms with Gasteiger partial charge in [0.05, 0.1) is 19.8 Å². The number of hydrogen-bond acceptors (Lipinski definition) is 5. The van der Waals surface area contributed by atoms with Crippen molar-refractivity contribution in [1.29, 1.82) is 0 Å². The third-order valence-electron chi connectivity index (χ3n) is 5.00. The van der Waals surface area contributed by atoms with Gasteiger partial charge in [-0.2, -0.15) is 0 Å². The molecule has 1 aromatic heterocycles. The van der Waals surface area contributed by atoms with E-state index in [0.29, 0.717) is 11.6 Å². The standard InChI is InChI=1S/C22H30ClN5O2/c1-16-15-28(10-11-30-16)21-7-4-17(13-26-21)14-27-22(24-2)25-9-8-18-5-6-19(29-3)12-20(18)23/h4-7,12-13,16H,8-11,14-15H2,1-3H3,(H2,24,25,27). The third kappa shape index (κ3) is 6.24. The highest BCUT2D eigenvalue weighted by Gasteiger charge is 2.17. The topological polar surface area (TPSA) is 71.0 Å². The number of pyridine rings is 1. The highest BCUT2D eigenvalue weighted by atomic mass is 35.5. The number of aliphatic imine (C=N–C) groups is 1. The van der Waals surface area contributed by atoms with Crippen LogP contribution >= 0.6 is 11.6 Å². The van der Waals surface area contributed by atoms with E-state index in [1.54, 1.807) is 14.2 Å². The lowest BCUT2D eigenvalue weighted by atomic mass is 10.1. The number of guanidine groups is 1. The summed E-state index contributed by atoms with van der Waals surface area (Å²) in [5.41, 5.74) is 2.17. The Bertz CT molecular complexity index is 844. The molecule has 1 atom stereocenters. The zero-order chi connectivity index (χ0) is 21.3. The van der Waals surface area contributed by atoms with Crippen LogP contribution < -0.4 is 20.3 Å². The Hall–Kier alpha value is -2.51. The summed E-state index contributed by atoms with van der Waals surface area (Å²) in [6, 6.07) is 9.90. The van der Waals surface area contributed by atoms with Crippen LogP contribution in [0.3, 0.4) is 0 Å². The Morgan fingerprint density at radius 2 is 2.20 bits per heavy atom. The molecule has 0 radical (unpaired) electrons. The van der Waals surface area contributed by atoms with Gasteiger partial charge in [-0.15, -0.1) is 0 Å². The quantitative estimate of drug-likeness (QED) is 0.519. The first-order chi connectivity index (χ1) is 14.6. The van der Waals surface area contributed by atoms with Gasteiger partial charge in [0.1, 0.15) is 11.6 Å². The average Bonchev–Trinajstić information content (AvgIpc) is 2.77. The summed E-state index contributed by atoms with van der Waals surface area (Å²) < 4.78 is 10.8. The van der Waals surface area contributed by atoms with Crippen LogP contribution in [0, 0.1) is 0 Å². The Morgan fingerprint density at radius 3 is 2.87 bits per heavy atom. The highest BCUT2D eigenvalue weighted by molar-refractivity contribution is 6.31. The minimum absolute atomic E-state index is 0.240. The van der Waals surface area contributed by atoms with E-state index < -0.39 is 0 Å². The molecule has 1 aliphatic heterocycles. The van der Waals surface area contributed by atoms with Crippen LogP contribution in [0.4, 0.5) is 5.82 Å². The maximum Gasteiger partial charge on any atom is 0.191 e. The van der Waals surface area contributed by atoms with E-state index in [1.807, 2.05) is 24.4 Å². The molecule has 2 heterocycles. The van der Waals surface area contributed by atoms with Crippen LogP contribution in [-0.4, -0.2) is 57.4 Å². The van der Waals surface area contributed by atoms with Gasteiger partial charge in [-0.05, 0) is 42.7 Å². The van der Waals surface area contributed by atoms with E-state index in [9.17, 15) is 0 Å². The first-order valence-corrected chi connectivity index (χ1v) is 10.5. The highest BCUT2D eigenvalue weighted by Crippen LogP contribution is 2.22. The molecule has 162 valence electrons. The first kappa shape index (κ1) is 22.2. The Kier molecular flexibility index (Phi) is 8.16. The Morgan fingerprint density at radius 1 is 1.33 bits per heavy atom. The molecule has 1 aromatic carbocycles. The van der Waals surface area contributed by atoms with Gasteiger partial charge >= 0.3 is 0 Å². The lowest BCUT2D eigenvalue weighted by Crippen LogP contribution is -2.41. The number of benzene rings is 1. The zero-order valence-corrected chi connectivity index (χ0v) is 18.6. The lowest BCUT2D eigenvalue weighted by Gasteiger charge is -2.32. The molecular weight excluding hydrogens is 402 g/mol. The fourth-order valence-corrected chi connectivity index (χ4v) is 3.58. The molecule has 0 aliphatic carbocycles. The van der Waals surface area contributed by atoms with Gasteiger partial charge in [0.15, 0.2) is 5.96 Å². The van der Waals surface area contributed by atoms with Crippen molar-refractivity contribution in [3.8, 4) is 5.75 Å². The molecule has 1 unspecified atom stereocenters. The van der Waals surface area contributed by atoms with Crippen molar-refractivity contribution in [2.45, 2.75) is 26.0 Å². The number of nitrogens with zero attached hydrogens (tertiary/aromatic N) is 3. The Balaban J connectivity index is 1.45. The van der Waals surface area contributed by atoms with Crippen LogP contribution in [0.2, 0.25) is 5.02 Å². The molecule has 0 amide bonds. The molecule has 1 saturated heterocycles. The van der Waals surface area contributed by atoms with Gasteiger partial charge in [-0.25, -0.2) is 4.98 Å². The number of ether oxygens (including phenoxy) is 2. The largest absolute Gasteiger partial charge is 0.497 e. The van der Waals surface area contributed by atoms with E-state index in [0.717, 1.165) is 61.3 Å². The zero-order valence-electron chi connectivity index (χ0n) is 17.8. The molecule has 7 nitrogen and oxygen atoms in total. The van der Waals surface area contributed by atoms with E-state index in [4.69, 9.17) is 21.1 Å². The lowest BCUT2D eigenvalue weighted by molar-refractivity contribution is 0.0529. The number of halogens is 1. The summed E-state index contributed by atoms with van der Waals surface area (Å²) in [7, 11) is 3.39. The predicted octanol–water partition coefficient (Wildman–Crippen LogP) is 2.88. The summed E-state index contributed by atoms with van der Waals surface area (Å²) in [5.74, 6) is 2.50. The maximum atomic E-state index is 6.30. The predicted molar refractivity (Wildman–Crippen MR) is 122 cm³/mol. The normalized spacial score (nSPS) is 17.0. The SMILES string of the molecule is CN=C(NCCc1ccc(OC)cc1Cl)NCc1ccc(N2CCOC(C)C2)nc1. The summed E-state index contributed by atoms with van der Waals surface area (Å²) in [6.07, 6.45) is 2.94. The molecule has 30 heavy (non-hydrogen) atoms. The van der Waals surface area contributed by atoms with Gasteiger partial charge < -0.3 is 25.0 Å². The van der Waals surface area contributed by atoms with Crippen LogP contribution in [-0.2, 0) is 17.7 Å². The van der Waals surface area contributed by atoms with E-state index in [2.05, 4.69) is 44.6 Å². The number of anilines is 1. The maximum absolute atomic E-state index is 6.30. The van der Waals surface area contributed by atoms with Crippen LogP contribution in [0.5, 0.6) is 5.75 Å². The number of methoxy groups -OCH3 is 1. The smallest absolute Gasteiger partial charge is 0.191 e. The average molecular weight is 432 g/mol. The summed E-state index contributed by atoms with van der Waals surface area (Å²) in [6.45, 7) is 5.96. The third-order valence-corrected chi connectivity index (χ3v) is 5.36. The minimum Gasteiger partial charge on any atom is -0.497 e. The second-order valence-corrected chi connectivity index (χ2v) is 7.62. The molecule has 1 fully saturated rings. The first-order valence-electron chi connectivity index (χ1n) is 10.2. The van der Waals surface area contributed by atoms with Crippen LogP contribution in [0.25, 0.3) is 0 Å². The monoisotopic (exact) mass is 431 g/mol. The number of morpholine rings is 1. The van der Waals surface area contributed by atoms with E-state index >= 15 is 0 Å². The fraction of sp³-hybridized carbons (Fsp3) is 0.455. The molecule has 8 heteroatoms. The summed E-state index contributed by atoms with van der Waals surface area (Å²) in [4.78, 5) is 11.2. The number of rotatable bonds is 7. The van der Waals surface area contributed by atoms with Gasteiger partial charge in [0.2, 0.25) is 0 Å². The molecular formula is C22H30ClN5O2. The fourth-order valence-electron chi connectivity index (χ4n) is 3.31. The molecule has 0 spiro atoms. The van der Waals surface area contributed by atoms with Crippen molar-refractivity contribution < 1.29 is 9.47 Å². The second kappa shape index (κ2) is 11.0. The van der Waals surface area contributed by atoms with Crippen molar-refractivity contribution in [2.24, 2.45) is 4.99 Å². The van der Waals surface area contributed by atoms with Crippen LogP contribution in [0.1, 0.15) is 18.1 Å². The van der Waals surface area contributed by atoms with Crippen molar-refractivity contribution in [3.63, 3.8) is 0 Å². The summed E-state index contributed by atoms with van der Waals surface area (Å²) in [5, 5.41) is 7.35. The van der Waals surface area contributed by atoms with E-state index in [1.165, 1.54) is 0 Å². The van der Waals surface area contributed by atoms with Gasteiger partial charge in [-0.1, -0.05) is 23.7 Å². The number of aromatic nitrogens is 1. The van der Waals surface area contributed by atoms with E-state index in [-0.39, 0.29) is 6.10 Å². The van der Waals surface area contributed by atoms with Crippen molar-refractivity contribution in [2.75, 3.05) is 45.3 Å². The second-order valence-electron chi connectivity index (χ2n) is 7.21. The molecule has 2 aromatic rings. The number of nitrogens with one attached hydrogen (secondary N) is 2. The Labute approximate surface area is 183 Å². The summed E-state index contributed by atoms with van der Waals surface area (Å²) >= 11 is 6.30. The molecule has 1 aliphatic rings. The van der Waals surface area contributed by atoms with Crippen LogP contribution in [0.15, 0.2) is 41.5 Å². The number of hydrogen-bond donors (Lipinski definition) is 2. The van der Waals surface area contributed by atoms with Gasteiger partial charge in [0.25, 0.3) is 0 Å². The van der Waals surface area contributed by atoms with Gasteiger partial charge in [-0.3, -0.25) is 4.99 Å². The molecule has 3 rings (SSSR count). The van der Waals surface area contributed by atoms with Crippen molar-refractivity contribution in [3.05, 3.63) is 52.7 Å².